The van der Waals surface area contributed by atoms with Gasteiger partial charge in [0.05, 0.1) is 22.1 Å². The first kappa shape index (κ1) is 27.8. The van der Waals surface area contributed by atoms with Crippen LogP contribution in [0.3, 0.4) is 0 Å². The molecule has 1 aliphatic rings. The van der Waals surface area contributed by atoms with Crippen molar-refractivity contribution in [2.75, 3.05) is 19.6 Å². The maximum absolute atomic E-state index is 13.4. The predicted octanol–water partition coefficient (Wildman–Crippen LogP) is 3.21. The first-order chi connectivity index (χ1) is 18.3. The van der Waals surface area contributed by atoms with Crippen LogP contribution in [-0.4, -0.2) is 68.7 Å². The van der Waals surface area contributed by atoms with Gasteiger partial charge in [-0.1, -0.05) is 19.1 Å². The number of para-hydroxylation sites is 2. The fourth-order valence-electron chi connectivity index (χ4n) is 4.65. The van der Waals surface area contributed by atoms with Crippen molar-refractivity contribution < 1.29 is 27.6 Å². The maximum atomic E-state index is 13.4. The van der Waals surface area contributed by atoms with E-state index in [9.17, 15) is 32.3 Å². The number of halogens is 3. The number of piperazine rings is 1. The number of alkyl halides is 3. The Balaban J connectivity index is 1.45. The van der Waals surface area contributed by atoms with Crippen LogP contribution in [0.1, 0.15) is 53.6 Å². The molecule has 0 radical (unpaired) electrons. The first-order valence-electron chi connectivity index (χ1n) is 12.4. The summed E-state index contributed by atoms with van der Waals surface area (Å²) >= 11 is 0. The van der Waals surface area contributed by atoms with Crippen molar-refractivity contribution in [3.63, 3.8) is 0 Å². The lowest BCUT2D eigenvalue weighted by Crippen LogP contribution is -2.64. The number of nitrogens with zero attached hydrogens (tertiary/aromatic N) is 3. The molecule has 1 aliphatic heterocycles. The Morgan fingerprint density at radius 1 is 1.08 bits per heavy atom. The largest absolute Gasteiger partial charge is 0.416 e. The molecular weight excluding hydrogens is 515 g/mol. The van der Waals surface area contributed by atoms with E-state index in [2.05, 4.69) is 15.3 Å². The number of hydrogen-bond acceptors (Lipinski definition) is 5. The summed E-state index contributed by atoms with van der Waals surface area (Å²) in [7, 11) is 0. The summed E-state index contributed by atoms with van der Waals surface area (Å²) in [5, 5.41) is 2.61. The quantitative estimate of drug-likeness (QED) is 0.513. The van der Waals surface area contributed by atoms with E-state index in [0.29, 0.717) is 11.0 Å². The Labute approximate surface area is 222 Å². The highest BCUT2D eigenvalue weighted by atomic mass is 19.4. The van der Waals surface area contributed by atoms with Crippen LogP contribution in [0.25, 0.3) is 11.0 Å². The highest BCUT2D eigenvalue weighted by molar-refractivity contribution is 5.97. The predicted molar refractivity (Wildman–Crippen MR) is 137 cm³/mol. The number of rotatable bonds is 5. The maximum Gasteiger partial charge on any atom is 0.416 e. The molecule has 3 amide bonds. The Morgan fingerprint density at radius 2 is 1.74 bits per heavy atom. The average Bonchev–Trinajstić information content (AvgIpc) is 2.89. The molecule has 0 spiro atoms. The summed E-state index contributed by atoms with van der Waals surface area (Å²) in [6, 6.07) is 9.84. The minimum atomic E-state index is -4.50. The molecule has 0 saturated carbocycles. The van der Waals surface area contributed by atoms with Gasteiger partial charge in [0, 0.05) is 25.2 Å². The third-order valence-corrected chi connectivity index (χ3v) is 6.74. The summed E-state index contributed by atoms with van der Waals surface area (Å²) in [5.41, 5.74) is -1.69. The Bertz CT molecular complexity index is 1470. The zero-order valence-corrected chi connectivity index (χ0v) is 21.6. The molecule has 39 heavy (non-hydrogen) atoms. The molecule has 2 N–H and O–H groups in total. The SMILES string of the molecule is CC[C@H](NC(=O)c1nc2ccccc2[nH]c1=O)C(=O)N1CCN(C(=O)c2ccc(C(F)(F)F)cc2)C(C)(C)C1. The minimum absolute atomic E-state index is 0.114. The lowest BCUT2D eigenvalue weighted by molar-refractivity contribution is -0.138. The molecule has 1 fully saturated rings. The molecule has 0 unspecified atom stereocenters. The summed E-state index contributed by atoms with van der Waals surface area (Å²) in [4.78, 5) is 61.6. The molecule has 0 bridgehead atoms. The van der Waals surface area contributed by atoms with Crippen LogP contribution in [0.4, 0.5) is 13.2 Å². The Morgan fingerprint density at radius 3 is 2.36 bits per heavy atom. The summed E-state index contributed by atoms with van der Waals surface area (Å²) in [6.45, 7) is 5.68. The fourth-order valence-corrected chi connectivity index (χ4v) is 4.65. The number of amides is 3. The number of nitrogens with one attached hydrogen (secondary N) is 2. The Hall–Kier alpha value is -4.22. The van der Waals surface area contributed by atoms with Crippen LogP contribution >= 0.6 is 0 Å². The van der Waals surface area contributed by atoms with Crippen molar-refractivity contribution in [3.05, 3.63) is 75.7 Å². The molecule has 4 rings (SSSR count). The van der Waals surface area contributed by atoms with E-state index in [-0.39, 0.29) is 43.2 Å². The molecule has 0 aliphatic carbocycles. The van der Waals surface area contributed by atoms with E-state index in [1.165, 1.54) is 9.80 Å². The van der Waals surface area contributed by atoms with E-state index in [4.69, 9.17) is 0 Å². The smallest absolute Gasteiger partial charge is 0.339 e. The molecule has 2 heterocycles. The summed E-state index contributed by atoms with van der Waals surface area (Å²) in [6.07, 6.45) is -4.25. The molecule has 1 saturated heterocycles. The summed E-state index contributed by atoms with van der Waals surface area (Å²) in [5.74, 6) is -1.60. The molecular formula is C27H28F3N5O4. The van der Waals surface area contributed by atoms with E-state index >= 15 is 0 Å². The average molecular weight is 544 g/mol. The third-order valence-electron chi connectivity index (χ3n) is 6.74. The standard InChI is InChI=1S/C27H28F3N5O4/c1-4-18(32-22(36)21-23(37)33-20-8-6-5-7-19(20)31-21)25(39)34-13-14-35(26(2,3)15-34)24(38)16-9-11-17(12-10-16)27(28,29)30/h5-12,18H,4,13-15H2,1-3H3,(H,32,36)(H,33,37)/t18-/m0/s1. The van der Waals surface area contributed by atoms with E-state index in [1.807, 2.05) is 0 Å². The van der Waals surface area contributed by atoms with Gasteiger partial charge in [-0.2, -0.15) is 13.2 Å². The van der Waals surface area contributed by atoms with Gasteiger partial charge >= 0.3 is 6.18 Å². The molecule has 9 nitrogen and oxygen atoms in total. The van der Waals surface area contributed by atoms with Gasteiger partial charge in [-0.3, -0.25) is 19.2 Å². The number of H-pyrrole nitrogens is 1. The zero-order chi connectivity index (χ0) is 28.5. The van der Waals surface area contributed by atoms with Gasteiger partial charge in [-0.05, 0) is 56.7 Å². The van der Waals surface area contributed by atoms with Crippen molar-refractivity contribution in [1.29, 1.82) is 0 Å². The minimum Gasteiger partial charge on any atom is -0.339 e. The third kappa shape index (κ3) is 5.79. The lowest BCUT2D eigenvalue weighted by Gasteiger charge is -2.47. The molecule has 1 aromatic heterocycles. The highest BCUT2D eigenvalue weighted by Crippen LogP contribution is 2.30. The second kappa shape index (κ2) is 10.5. The number of aromatic amines is 1. The topological polar surface area (TPSA) is 115 Å². The first-order valence-corrected chi connectivity index (χ1v) is 12.4. The second-order valence-electron chi connectivity index (χ2n) is 9.97. The molecule has 1 atom stereocenters. The van der Waals surface area contributed by atoms with Gasteiger partial charge in [0.1, 0.15) is 6.04 Å². The monoisotopic (exact) mass is 543 g/mol. The van der Waals surface area contributed by atoms with E-state index in [1.54, 1.807) is 45.0 Å². The van der Waals surface area contributed by atoms with Crippen molar-refractivity contribution in [1.82, 2.24) is 25.1 Å². The van der Waals surface area contributed by atoms with E-state index in [0.717, 1.165) is 24.3 Å². The van der Waals surface area contributed by atoms with Crippen molar-refractivity contribution in [3.8, 4) is 0 Å². The lowest BCUT2D eigenvalue weighted by atomic mass is 9.96. The fraction of sp³-hybridized carbons (Fsp3) is 0.370. The summed E-state index contributed by atoms with van der Waals surface area (Å²) < 4.78 is 38.7. The van der Waals surface area contributed by atoms with Crippen molar-refractivity contribution in [2.24, 2.45) is 0 Å². The normalized spacial score (nSPS) is 16.2. The zero-order valence-electron chi connectivity index (χ0n) is 21.6. The van der Waals surface area contributed by atoms with Crippen LogP contribution in [0.5, 0.6) is 0 Å². The van der Waals surface area contributed by atoms with Crippen LogP contribution in [0.2, 0.25) is 0 Å². The van der Waals surface area contributed by atoms with Crippen LogP contribution in [0.15, 0.2) is 53.3 Å². The molecule has 3 aromatic rings. The van der Waals surface area contributed by atoms with Crippen molar-refractivity contribution >= 4 is 28.8 Å². The van der Waals surface area contributed by atoms with Gasteiger partial charge in [-0.25, -0.2) is 4.98 Å². The molecule has 206 valence electrons. The van der Waals surface area contributed by atoms with E-state index < -0.39 is 40.7 Å². The second-order valence-corrected chi connectivity index (χ2v) is 9.97. The Kier molecular flexibility index (Phi) is 7.49. The van der Waals surface area contributed by atoms with Crippen LogP contribution in [-0.2, 0) is 11.0 Å². The molecule has 2 aromatic carbocycles. The van der Waals surface area contributed by atoms with Crippen LogP contribution < -0.4 is 10.9 Å². The van der Waals surface area contributed by atoms with Gasteiger partial charge in [0.2, 0.25) is 5.91 Å². The van der Waals surface area contributed by atoms with Crippen LogP contribution in [0, 0.1) is 0 Å². The number of fused-ring (bicyclic) bond motifs is 1. The number of aromatic nitrogens is 2. The number of carbonyl (C=O) groups is 3. The number of hydrogen-bond donors (Lipinski definition) is 2. The number of carbonyl (C=O) groups excluding carboxylic acids is 3. The molecule has 12 heteroatoms. The van der Waals surface area contributed by atoms with Gasteiger partial charge in [-0.15, -0.1) is 0 Å². The highest BCUT2D eigenvalue weighted by Gasteiger charge is 2.40. The number of benzene rings is 2. The van der Waals surface area contributed by atoms with Crippen molar-refractivity contribution in [2.45, 2.75) is 44.9 Å². The van der Waals surface area contributed by atoms with Gasteiger partial charge < -0.3 is 20.1 Å². The van der Waals surface area contributed by atoms with Gasteiger partial charge in [0.25, 0.3) is 17.4 Å². The van der Waals surface area contributed by atoms with Gasteiger partial charge in [0.15, 0.2) is 5.69 Å².